The van der Waals surface area contributed by atoms with Crippen LogP contribution in [0.3, 0.4) is 0 Å². The first-order valence-corrected chi connectivity index (χ1v) is 11.5. The van der Waals surface area contributed by atoms with Gasteiger partial charge >= 0.3 is 0 Å². The van der Waals surface area contributed by atoms with E-state index in [0.29, 0.717) is 13.1 Å². The van der Waals surface area contributed by atoms with E-state index in [0.717, 1.165) is 5.56 Å². The zero-order chi connectivity index (χ0) is 18.4. The molecule has 0 aliphatic carbocycles. The van der Waals surface area contributed by atoms with Gasteiger partial charge in [0.1, 0.15) is 4.90 Å². The highest BCUT2D eigenvalue weighted by Crippen LogP contribution is 2.31. The number of hydrogen-bond acceptors (Lipinski definition) is 7. The van der Waals surface area contributed by atoms with Crippen LogP contribution in [0.5, 0.6) is 0 Å². The summed E-state index contributed by atoms with van der Waals surface area (Å²) < 4.78 is 51.7. The van der Waals surface area contributed by atoms with E-state index in [4.69, 9.17) is 0 Å². The van der Waals surface area contributed by atoms with Crippen molar-refractivity contribution in [3.63, 3.8) is 0 Å². The first-order chi connectivity index (χ1) is 12.4. The van der Waals surface area contributed by atoms with E-state index >= 15 is 0 Å². The van der Waals surface area contributed by atoms with E-state index < -0.39 is 25.9 Å². The highest BCUT2D eigenvalue weighted by atomic mass is 32.2. The lowest BCUT2D eigenvalue weighted by Gasteiger charge is -2.42. The predicted molar refractivity (Wildman–Crippen MR) is 93.4 cm³/mol. The first kappa shape index (κ1) is 17.6. The van der Waals surface area contributed by atoms with Crippen molar-refractivity contribution >= 4 is 19.9 Å². The summed E-state index contributed by atoms with van der Waals surface area (Å²) in [7, 11) is -7.09. The number of hydrogen-bond donors (Lipinski definition) is 1. The van der Waals surface area contributed by atoms with Gasteiger partial charge in [-0.3, -0.25) is 15.0 Å². The monoisotopic (exact) mass is 397 g/mol. The van der Waals surface area contributed by atoms with E-state index in [9.17, 15) is 16.8 Å². The number of nitrogens with zero attached hydrogens (tertiary/aromatic N) is 4. The summed E-state index contributed by atoms with van der Waals surface area (Å²) in [6.07, 6.45) is 5.99. The van der Waals surface area contributed by atoms with Gasteiger partial charge < -0.3 is 0 Å². The van der Waals surface area contributed by atoms with Gasteiger partial charge in [0.2, 0.25) is 10.0 Å². The van der Waals surface area contributed by atoms with Gasteiger partial charge in [-0.2, -0.15) is 9.40 Å². The highest BCUT2D eigenvalue weighted by molar-refractivity contribution is 7.92. The van der Waals surface area contributed by atoms with Gasteiger partial charge in [0.15, 0.2) is 9.84 Å². The molecule has 0 amide bonds. The molecule has 2 atom stereocenters. The molecule has 2 saturated heterocycles. The van der Waals surface area contributed by atoms with Gasteiger partial charge in [0.25, 0.3) is 0 Å². The average Bonchev–Trinajstić information content (AvgIpc) is 3.23. The van der Waals surface area contributed by atoms with E-state index in [1.165, 1.54) is 16.7 Å². The van der Waals surface area contributed by atoms with Gasteiger partial charge in [0, 0.05) is 44.3 Å². The van der Waals surface area contributed by atoms with Crippen LogP contribution in [0.1, 0.15) is 5.56 Å². The molecule has 26 heavy (non-hydrogen) atoms. The zero-order valence-corrected chi connectivity index (χ0v) is 15.5. The molecule has 2 aliphatic heterocycles. The number of sulfone groups is 1. The lowest BCUT2D eigenvalue weighted by Crippen LogP contribution is -2.60. The molecule has 2 aromatic rings. The molecule has 0 aromatic carbocycles. The van der Waals surface area contributed by atoms with Crippen molar-refractivity contribution in [3.05, 3.63) is 42.5 Å². The SMILES string of the molecule is O=S1(=O)C[C@@H]2[C@H](C1)N(S(=O)(=O)c1cn[nH]c1)CCN2Cc1cccnc1. The Hall–Kier alpha value is -1.82. The molecule has 2 fully saturated rings. The second-order valence-electron chi connectivity index (χ2n) is 6.59. The molecule has 0 bridgehead atoms. The summed E-state index contributed by atoms with van der Waals surface area (Å²) in [4.78, 5) is 6.20. The molecular weight excluding hydrogens is 378 g/mol. The number of aromatic amines is 1. The molecule has 4 rings (SSSR count). The number of sulfonamides is 1. The summed E-state index contributed by atoms with van der Waals surface area (Å²) in [6, 6.07) is 2.80. The molecule has 0 radical (unpaired) electrons. The Morgan fingerprint density at radius 1 is 1.19 bits per heavy atom. The Balaban J connectivity index is 1.64. The molecule has 4 heterocycles. The van der Waals surface area contributed by atoms with Crippen LogP contribution in [0.15, 0.2) is 41.8 Å². The number of H-pyrrole nitrogens is 1. The molecule has 0 unspecified atom stereocenters. The van der Waals surface area contributed by atoms with E-state index in [1.807, 2.05) is 17.0 Å². The van der Waals surface area contributed by atoms with Gasteiger partial charge in [0.05, 0.1) is 23.7 Å². The molecule has 0 saturated carbocycles. The Morgan fingerprint density at radius 2 is 2.00 bits per heavy atom. The standard InChI is InChI=1S/C15H19N5O4S2/c21-25(22)10-14-15(11-25)20(26(23,24)13-7-17-18-8-13)5-4-19(14)9-12-2-1-3-16-6-12/h1-3,6-8,14-15H,4-5,9-11H2,(H,17,18)/t14-,15+/m1/s1. The number of nitrogens with one attached hydrogen (secondary N) is 1. The zero-order valence-electron chi connectivity index (χ0n) is 13.9. The van der Waals surface area contributed by atoms with Gasteiger partial charge in [-0.15, -0.1) is 0 Å². The number of rotatable bonds is 4. The fourth-order valence-corrected chi connectivity index (χ4v) is 7.39. The predicted octanol–water partition coefficient (Wildman–Crippen LogP) is -0.523. The van der Waals surface area contributed by atoms with Crippen molar-refractivity contribution in [1.29, 1.82) is 0 Å². The third kappa shape index (κ3) is 3.15. The molecule has 0 spiro atoms. The number of aromatic nitrogens is 3. The minimum absolute atomic E-state index is 0.0324. The number of fused-ring (bicyclic) bond motifs is 1. The Labute approximate surface area is 152 Å². The van der Waals surface area contributed by atoms with Crippen LogP contribution in [0.2, 0.25) is 0 Å². The Kier molecular flexibility index (Phi) is 4.34. The molecule has 140 valence electrons. The Bertz CT molecular complexity index is 976. The van der Waals surface area contributed by atoms with Crippen LogP contribution >= 0.6 is 0 Å². The summed E-state index contributed by atoms with van der Waals surface area (Å²) >= 11 is 0. The van der Waals surface area contributed by atoms with Crippen molar-refractivity contribution in [2.24, 2.45) is 0 Å². The molecule has 11 heteroatoms. The fourth-order valence-electron chi connectivity index (χ4n) is 3.73. The smallest absolute Gasteiger partial charge is 0.246 e. The summed E-state index contributed by atoms with van der Waals surface area (Å²) in [5.74, 6) is -0.187. The van der Waals surface area contributed by atoms with Crippen LogP contribution in [0.4, 0.5) is 0 Å². The number of pyridine rings is 1. The molecule has 9 nitrogen and oxygen atoms in total. The van der Waals surface area contributed by atoms with Crippen molar-refractivity contribution in [2.75, 3.05) is 24.6 Å². The second-order valence-corrected chi connectivity index (χ2v) is 10.6. The molecule has 2 aliphatic rings. The largest absolute Gasteiger partial charge is 0.292 e. The minimum Gasteiger partial charge on any atom is -0.292 e. The Morgan fingerprint density at radius 3 is 2.69 bits per heavy atom. The van der Waals surface area contributed by atoms with E-state index in [-0.39, 0.29) is 29.0 Å². The lowest BCUT2D eigenvalue weighted by molar-refractivity contribution is 0.0890. The van der Waals surface area contributed by atoms with Gasteiger partial charge in [-0.1, -0.05) is 6.07 Å². The fraction of sp³-hybridized carbons (Fsp3) is 0.467. The summed E-state index contributed by atoms with van der Waals surface area (Å²) in [5.41, 5.74) is 0.974. The summed E-state index contributed by atoms with van der Waals surface area (Å²) in [6.45, 7) is 1.25. The maximum Gasteiger partial charge on any atom is 0.246 e. The van der Waals surface area contributed by atoms with Crippen LogP contribution in [-0.4, -0.2) is 77.9 Å². The lowest BCUT2D eigenvalue weighted by atomic mass is 10.1. The van der Waals surface area contributed by atoms with Crippen molar-refractivity contribution < 1.29 is 16.8 Å². The third-order valence-electron chi connectivity index (χ3n) is 4.93. The van der Waals surface area contributed by atoms with Gasteiger partial charge in [-0.25, -0.2) is 16.8 Å². The van der Waals surface area contributed by atoms with Gasteiger partial charge in [-0.05, 0) is 11.6 Å². The molecule has 2 aromatic heterocycles. The average molecular weight is 397 g/mol. The second kappa shape index (κ2) is 6.41. The molecular formula is C15H19N5O4S2. The minimum atomic E-state index is -3.78. The van der Waals surface area contributed by atoms with Crippen LogP contribution in [-0.2, 0) is 26.4 Å². The maximum absolute atomic E-state index is 12.9. The normalized spacial score (nSPS) is 26.6. The van der Waals surface area contributed by atoms with Crippen LogP contribution in [0, 0.1) is 0 Å². The quantitative estimate of drug-likeness (QED) is 0.738. The van der Waals surface area contributed by atoms with Crippen molar-refractivity contribution in [2.45, 2.75) is 23.5 Å². The van der Waals surface area contributed by atoms with Crippen molar-refractivity contribution in [3.8, 4) is 0 Å². The van der Waals surface area contributed by atoms with Crippen LogP contribution in [0.25, 0.3) is 0 Å². The topological polar surface area (TPSA) is 116 Å². The van der Waals surface area contributed by atoms with Crippen molar-refractivity contribution in [1.82, 2.24) is 24.4 Å². The highest BCUT2D eigenvalue weighted by Gasteiger charge is 2.50. The number of piperazine rings is 1. The summed E-state index contributed by atoms with van der Waals surface area (Å²) in [5, 5.41) is 6.20. The first-order valence-electron chi connectivity index (χ1n) is 8.21. The molecule has 1 N–H and O–H groups in total. The van der Waals surface area contributed by atoms with Crippen LogP contribution < -0.4 is 0 Å². The third-order valence-corrected chi connectivity index (χ3v) is 8.52. The van der Waals surface area contributed by atoms with E-state index in [1.54, 1.807) is 12.4 Å². The maximum atomic E-state index is 12.9. The van der Waals surface area contributed by atoms with E-state index in [2.05, 4.69) is 15.2 Å².